The summed E-state index contributed by atoms with van der Waals surface area (Å²) in [5, 5.41) is 3.05. The maximum atomic E-state index is 14.4. The maximum absolute atomic E-state index is 14.4. The van der Waals surface area contributed by atoms with Crippen LogP contribution >= 0.6 is 0 Å². The monoisotopic (exact) mass is 856 g/mol. The van der Waals surface area contributed by atoms with E-state index in [1.165, 1.54) is 4.57 Å². The first kappa shape index (κ1) is 43.2. The average molecular weight is 857 g/mol. The van der Waals surface area contributed by atoms with Gasteiger partial charge in [-0.05, 0) is 80.7 Å². The summed E-state index contributed by atoms with van der Waals surface area (Å²) in [5.41, 5.74) is 4.55. The van der Waals surface area contributed by atoms with E-state index in [4.69, 9.17) is 13.9 Å². The molecule has 8 rings (SSSR count). The number of aromatic nitrogens is 1. The Morgan fingerprint density at radius 1 is 0.855 bits per heavy atom. The second-order valence-electron chi connectivity index (χ2n) is 17.4. The molecule has 3 aromatic rings. The van der Waals surface area contributed by atoms with E-state index in [2.05, 4.69) is 15.1 Å². The number of oxazole rings is 1. The number of esters is 1. The number of piperidine rings is 2. The van der Waals surface area contributed by atoms with Gasteiger partial charge in [-0.3, -0.25) is 28.8 Å². The molecule has 5 amide bonds. The summed E-state index contributed by atoms with van der Waals surface area (Å²) in [5.74, 6) is -0.795. The number of likely N-dealkylation sites (tertiary alicyclic amines) is 3. The minimum absolute atomic E-state index is 0.0321. The molecule has 334 valence electrons. The smallest absolute Gasteiger partial charge is 0.419 e. The molecule has 1 aromatic heterocycles. The number of amides is 5. The number of hydrogen-bond acceptors (Lipinski definition) is 11. The van der Waals surface area contributed by atoms with E-state index in [-0.39, 0.29) is 42.8 Å². The Kier molecular flexibility index (Phi) is 13.5. The highest BCUT2D eigenvalue weighted by Gasteiger charge is 2.37. The van der Waals surface area contributed by atoms with Gasteiger partial charge in [0, 0.05) is 110 Å². The molecular formula is C45H60N8O9. The molecule has 2 aromatic carbocycles. The number of benzene rings is 2. The van der Waals surface area contributed by atoms with Crippen LogP contribution in [0.25, 0.3) is 11.1 Å². The highest BCUT2D eigenvalue weighted by Crippen LogP contribution is 2.27. The lowest BCUT2D eigenvalue weighted by Crippen LogP contribution is -2.57. The largest absolute Gasteiger partial charge is 0.465 e. The number of urea groups is 1. The van der Waals surface area contributed by atoms with Gasteiger partial charge in [0.2, 0.25) is 5.91 Å². The fraction of sp³-hybridized carbons (Fsp3) is 0.600. The van der Waals surface area contributed by atoms with Crippen LogP contribution < -0.4 is 11.1 Å². The summed E-state index contributed by atoms with van der Waals surface area (Å²) in [4.78, 5) is 89.8. The molecule has 17 nitrogen and oxygen atoms in total. The molecule has 0 unspecified atom stereocenters. The summed E-state index contributed by atoms with van der Waals surface area (Å²) < 4.78 is 18.6. The third-order valence-corrected chi connectivity index (χ3v) is 13.4. The van der Waals surface area contributed by atoms with Gasteiger partial charge in [-0.25, -0.2) is 14.4 Å². The lowest BCUT2D eigenvalue weighted by molar-refractivity contribution is -0.145. The number of fused-ring (bicyclic) bond motifs is 2. The number of nitrogens with zero attached hydrogens (tertiary/aromatic N) is 7. The van der Waals surface area contributed by atoms with Crippen LogP contribution in [0, 0.1) is 6.92 Å². The molecule has 4 saturated heterocycles. The zero-order valence-electron chi connectivity index (χ0n) is 36.1. The van der Waals surface area contributed by atoms with Crippen LogP contribution in [0.4, 0.5) is 15.3 Å². The molecule has 1 N–H and O–H groups in total. The Labute approximate surface area is 361 Å². The zero-order chi connectivity index (χ0) is 43.3. The zero-order valence-corrected chi connectivity index (χ0v) is 36.1. The number of nitrogens with one attached hydrogen (secondary N) is 1. The second kappa shape index (κ2) is 19.3. The van der Waals surface area contributed by atoms with Crippen molar-refractivity contribution >= 4 is 46.7 Å². The summed E-state index contributed by atoms with van der Waals surface area (Å²) in [6.07, 6.45) is 4.35. The molecule has 0 bridgehead atoms. The Morgan fingerprint density at radius 2 is 1.60 bits per heavy atom. The number of piperazine rings is 1. The lowest BCUT2D eigenvalue weighted by atomic mass is 10.0. The highest BCUT2D eigenvalue weighted by atomic mass is 16.6. The molecule has 5 aliphatic rings. The van der Waals surface area contributed by atoms with E-state index in [1.54, 1.807) is 22.9 Å². The van der Waals surface area contributed by atoms with Gasteiger partial charge in [0.15, 0.2) is 11.7 Å². The first-order valence-electron chi connectivity index (χ1n) is 22.4. The molecule has 1 atom stereocenters. The lowest BCUT2D eigenvalue weighted by Gasteiger charge is -2.43. The first-order valence-corrected chi connectivity index (χ1v) is 22.4. The Balaban J connectivity index is 0.840. The normalized spacial score (nSPS) is 20.3. The fourth-order valence-corrected chi connectivity index (χ4v) is 9.95. The minimum Gasteiger partial charge on any atom is -0.465 e. The van der Waals surface area contributed by atoms with Crippen molar-refractivity contribution < 1.29 is 37.9 Å². The van der Waals surface area contributed by atoms with Crippen LogP contribution in [0.5, 0.6) is 0 Å². The SMILES string of the molecule is Cc1cc(C[C@@H](OC(=O)N2CCC(N3CCc4ccccc4NC3=O)CC2)C(=O)N2CCN(C3CCN(CC(=O)OCCCN4CCCC4=O)CC3)CC2)cc2oc(=O)n(C)c12. The number of hydrogen-bond donors (Lipinski definition) is 1. The summed E-state index contributed by atoms with van der Waals surface area (Å²) in [7, 11) is 1.65. The van der Waals surface area contributed by atoms with Gasteiger partial charge < -0.3 is 38.8 Å². The molecule has 0 saturated carbocycles. The van der Waals surface area contributed by atoms with Crippen LogP contribution in [-0.4, -0.2) is 167 Å². The van der Waals surface area contributed by atoms with E-state index in [1.807, 2.05) is 47.1 Å². The highest BCUT2D eigenvalue weighted by molar-refractivity contribution is 5.91. The molecule has 4 fully saturated rings. The molecule has 0 aliphatic carbocycles. The first-order chi connectivity index (χ1) is 30.0. The van der Waals surface area contributed by atoms with Crippen LogP contribution in [0.1, 0.15) is 61.6 Å². The van der Waals surface area contributed by atoms with Crippen molar-refractivity contribution in [2.45, 2.75) is 82.9 Å². The maximum Gasteiger partial charge on any atom is 0.419 e. The number of carbonyl (C=O) groups excluding carboxylic acids is 5. The van der Waals surface area contributed by atoms with Gasteiger partial charge in [-0.1, -0.05) is 24.3 Å². The third-order valence-electron chi connectivity index (χ3n) is 13.4. The molecule has 5 aliphatic heterocycles. The fourth-order valence-electron chi connectivity index (χ4n) is 9.95. The van der Waals surface area contributed by atoms with Crippen LogP contribution in [0.3, 0.4) is 0 Å². The predicted octanol–water partition coefficient (Wildman–Crippen LogP) is 3.21. The average Bonchev–Trinajstić information content (AvgIpc) is 3.76. The molecule has 0 spiro atoms. The number of aryl methyl sites for hydroxylation is 2. The van der Waals surface area contributed by atoms with Crippen LogP contribution in [0.15, 0.2) is 45.6 Å². The second-order valence-corrected chi connectivity index (χ2v) is 17.4. The van der Waals surface area contributed by atoms with Gasteiger partial charge in [0.1, 0.15) is 0 Å². The van der Waals surface area contributed by atoms with Crippen molar-refractivity contribution in [2.24, 2.45) is 7.05 Å². The Morgan fingerprint density at radius 3 is 2.34 bits per heavy atom. The number of rotatable bonds is 12. The van der Waals surface area contributed by atoms with Crippen molar-refractivity contribution in [1.82, 2.24) is 34.0 Å². The number of anilines is 1. The van der Waals surface area contributed by atoms with Crippen molar-refractivity contribution in [1.29, 1.82) is 0 Å². The van der Waals surface area contributed by atoms with Gasteiger partial charge in [0.25, 0.3) is 5.91 Å². The summed E-state index contributed by atoms with van der Waals surface area (Å²) in [6, 6.07) is 11.7. The third kappa shape index (κ3) is 9.94. The molecule has 17 heteroatoms. The number of ether oxygens (including phenoxy) is 2. The van der Waals surface area contributed by atoms with E-state index >= 15 is 0 Å². The topological polar surface area (TPSA) is 170 Å². The molecular weight excluding hydrogens is 797 g/mol. The molecule has 0 radical (unpaired) electrons. The van der Waals surface area contributed by atoms with E-state index in [9.17, 15) is 28.8 Å². The minimum atomic E-state index is -1.10. The quantitative estimate of drug-likeness (QED) is 0.210. The van der Waals surface area contributed by atoms with Crippen molar-refractivity contribution in [3.8, 4) is 0 Å². The molecule has 6 heterocycles. The van der Waals surface area contributed by atoms with Crippen molar-refractivity contribution in [3.63, 3.8) is 0 Å². The summed E-state index contributed by atoms with van der Waals surface area (Å²) >= 11 is 0. The Bertz CT molecular complexity index is 2180. The number of carbonyl (C=O) groups is 5. The Hall–Kier alpha value is -5.42. The summed E-state index contributed by atoms with van der Waals surface area (Å²) in [6.45, 7) is 9.14. The van der Waals surface area contributed by atoms with E-state index in [0.29, 0.717) is 102 Å². The molecule has 62 heavy (non-hydrogen) atoms. The standard InChI is InChI=1S/C45H60N8O9/c1-31-27-32(28-37-41(31)47(2)44(58)61-37)29-38(62-45(59)52-19-13-35(14-20-52)53-21-10-33-7-3-4-8-36(33)46-43(53)57)42(56)51-24-22-49(23-25-51)34-11-17-48(18-12-34)30-40(55)60-26-6-16-50-15-5-9-39(50)54/h3-4,7-8,27-28,34-35,38H,5-6,9-26,29-30H2,1-2H3,(H,46,57)/t38-/m1/s1. The van der Waals surface area contributed by atoms with Crippen molar-refractivity contribution in [3.05, 3.63) is 63.6 Å². The van der Waals surface area contributed by atoms with Gasteiger partial charge >= 0.3 is 23.8 Å². The predicted molar refractivity (Wildman–Crippen MR) is 230 cm³/mol. The van der Waals surface area contributed by atoms with E-state index in [0.717, 1.165) is 67.7 Å². The van der Waals surface area contributed by atoms with Crippen LogP contribution in [-0.2, 0) is 43.7 Å². The number of para-hydroxylation sites is 1. The van der Waals surface area contributed by atoms with Gasteiger partial charge in [-0.2, -0.15) is 0 Å². The van der Waals surface area contributed by atoms with E-state index < -0.39 is 18.0 Å². The van der Waals surface area contributed by atoms with Gasteiger partial charge in [-0.15, -0.1) is 0 Å². The van der Waals surface area contributed by atoms with Crippen LogP contribution in [0.2, 0.25) is 0 Å². The van der Waals surface area contributed by atoms with Crippen molar-refractivity contribution in [2.75, 3.05) is 90.5 Å². The van der Waals surface area contributed by atoms with Gasteiger partial charge in [0.05, 0.1) is 18.7 Å².